The zero-order chi connectivity index (χ0) is 17.5. The van der Waals surface area contributed by atoms with Crippen LogP contribution in [0.1, 0.15) is 50.7 Å². The molecule has 136 valence electrons. The van der Waals surface area contributed by atoms with Crippen LogP contribution in [0.15, 0.2) is 43.0 Å². The number of hydrogen-bond donors (Lipinski definition) is 0. The summed E-state index contributed by atoms with van der Waals surface area (Å²) in [5.41, 5.74) is 2.76. The lowest BCUT2D eigenvalue weighted by Crippen LogP contribution is -2.36. The first-order chi connectivity index (χ1) is 12.2. The number of benzene rings is 1. The van der Waals surface area contributed by atoms with Gasteiger partial charge in [-0.3, -0.25) is 0 Å². The molecule has 0 radical (unpaired) electrons. The molecule has 0 bridgehead atoms. The molecule has 0 aliphatic carbocycles. The number of rotatable bonds is 9. The third-order valence-corrected chi connectivity index (χ3v) is 4.86. The minimum absolute atomic E-state index is 0.209. The number of imidazole rings is 1. The Bertz CT molecular complexity index is 624. The van der Waals surface area contributed by atoms with Crippen LogP contribution in [0.5, 0.6) is 0 Å². The molecular weight excluding hydrogens is 312 g/mol. The van der Waals surface area contributed by atoms with E-state index in [4.69, 9.17) is 9.47 Å². The molecule has 1 saturated heterocycles. The van der Waals surface area contributed by atoms with Crippen LogP contribution in [0.3, 0.4) is 0 Å². The normalized spacial score (nSPS) is 23.2. The summed E-state index contributed by atoms with van der Waals surface area (Å²) >= 11 is 0. The quantitative estimate of drug-likeness (QED) is 0.678. The van der Waals surface area contributed by atoms with Gasteiger partial charge in [-0.1, -0.05) is 51.0 Å². The number of hydrogen-bond acceptors (Lipinski definition) is 3. The van der Waals surface area contributed by atoms with E-state index in [1.54, 1.807) is 6.20 Å². The molecule has 2 unspecified atom stereocenters. The Morgan fingerprint density at radius 1 is 1.12 bits per heavy atom. The van der Waals surface area contributed by atoms with E-state index in [0.717, 1.165) is 32.1 Å². The zero-order valence-corrected chi connectivity index (χ0v) is 15.5. The highest BCUT2D eigenvalue weighted by molar-refractivity contribution is 5.22. The number of aryl methyl sites for hydroxylation is 2. The summed E-state index contributed by atoms with van der Waals surface area (Å²) in [6, 6.07) is 8.98. The van der Waals surface area contributed by atoms with Crippen molar-refractivity contribution in [2.45, 2.75) is 70.8 Å². The molecule has 0 saturated carbocycles. The highest BCUT2D eigenvalue weighted by Crippen LogP contribution is 2.32. The van der Waals surface area contributed by atoms with Crippen LogP contribution in [-0.2, 0) is 28.9 Å². The Kier molecular flexibility index (Phi) is 6.27. The van der Waals surface area contributed by atoms with Crippen molar-refractivity contribution in [3.05, 3.63) is 54.1 Å². The van der Waals surface area contributed by atoms with Gasteiger partial charge in [-0.25, -0.2) is 4.98 Å². The molecule has 4 heteroatoms. The van der Waals surface area contributed by atoms with Gasteiger partial charge in [-0.15, -0.1) is 0 Å². The first-order valence-electron chi connectivity index (χ1n) is 9.58. The second kappa shape index (κ2) is 8.63. The third-order valence-electron chi connectivity index (χ3n) is 4.86. The Labute approximate surface area is 151 Å². The first kappa shape index (κ1) is 18.2. The summed E-state index contributed by atoms with van der Waals surface area (Å²) in [5.74, 6) is -0.539. The Morgan fingerprint density at radius 2 is 1.88 bits per heavy atom. The van der Waals surface area contributed by atoms with E-state index in [1.807, 2.05) is 12.5 Å². The number of nitrogens with zero attached hydrogens (tertiary/aromatic N) is 2. The molecule has 0 spiro atoms. The minimum atomic E-state index is -0.539. The van der Waals surface area contributed by atoms with Crippen LogP contribution < -0.4 is 0 Å². The van der Waals surface area contributed by atoms with E-state index < -0.39 is 5.79 Å². The Morgan fingerprint density at radius 3 is 2.52 bits per heavy atom. The maximum Gasteiger partial charge on any atom is 0.187 e. The van der Waals surface area contributed by atoms with Crippen LogP contribution in [0, 0.1) is 0 Å². The van der Waals surface area contributed by atoms with Crippen molar-refractivity contribution in [1.82, 2.24) is 9.55 Å². The van der Waals surface area contributed by atoms with E-state index in [0.29, 0.717) is 13.2 Å². The number of ether oxygens (including phenoxy) is 2. The second-order valence-corrected chi connectivity index (χ2v) is 7.05. The average Bonchev–Trinajstić information content (AvgIpc) is 3.26. The van der Waals surface area contributed by atoms with Gasteiger partial charge in [0.1, 0.15) is 0 Å². The van der Waals surface area contributed by atoms with Gasteiger partial charge in [0.2, 0.25) is 0 Å². The summed E-state index contributed by atoms with van der Waals surface area (Å²) < 4.78 is 14.6. The van der Waals surface area contributed by atoms with Crippen molar-refractivity contribution in [3.63, 3.8) is 0 Å². The van der Waals surface area contributed by atoms with Crippen LogP contribution in [0.4, 0.5) is 0 Å². The molecule has 1 aromatic carbocycles. The lowest BCUT2D eigenvalue weighted by Gasteiger charge is -2.28. The standard InChI is InChI=1S/C21H30N2O2/c1-3-5-18-7-9-19(10-8-18)11-12-21(16-23-14-13-22-17-23)24-15-20(25-21)6-4-2/h7-10,13-14,17,20H,3-6,11-12,15-16H2,1-2H3. The van der Waals surface area contributed by atoms with Crippen LogP contribution in [0.2, 0.25) is 0 Å². The van der Waals surface area contributed by atoms with Crippen molar-refractivity contribution < 1.29 is 9.47 Å². The first-order valence-corrected chi connectivity index (χ1v) is 9.58. The van der Waals surface area contributed by atoms with Gasteiger partial charge in [0.15, 0.2) is 5.79 Å². The molecule has 0 amide bonds. The summed E-state index contributed by atoms with van der Waals surface area (Å²) in [7, 11) is 0. The van der Waals surface area contributed by atoms with Gasteiger partial charge in [-0.05, 0) is 30.4 Å². The van der Waals surface area contributed by atoms with Crippen LogP contribution >= 0.6 is 0 Å². The molecule has 3 rings (SSSR count). The van der Waals surface area contributed by atoms with E-state index in [1.165, 1.54) is 17.5 Å². The van der Waals surface area contributed by atoms with Gasteiger partial charge in [0, 0.05) is 18.8 Å². The SMILES string of the molecule is CCCc1ccc(CCC2(Cn3ccnc3)OCC(CCC)O2)cc1. The van der Waals surface area contributed by atoms with Gasteiger partial charge in [0.05, 0.1) is 25.6 Å². The Balaban J connectivity index is 1.65. The lowest BCUT2D eigenvalue weighted by atomic mass is 10.0. The molecule has 2 atom stereocenters. The minimum Gasteiger partial charge on any atom is -0.345 e. The van der Waals surface area contributed by atoms with E-state index in [-0.39, 0.29) is 6.10 Å². The molecule has 0 N–H and O–H groups in total. The van der Waals surface area contributed by atoms with E-state index >= 15 is 0 Å². The molecule has 1 aromatic heterocycles. The van der Waals surface area contributed by atoms with Gasteiger partial charge >= 0.3 is 0 Å². The summed E-state index contributed by atoms with van der Waals surface area (Å²) in [4.78, 5) is 4.15. The molecule has 1 aliphatic heterocycles. The van der Waals surface area contributed by atoms with E-state index in [9.17, 15) is 0 Å². The number of aromatic nitrogens is 2. The summed E-state index contributed by atoms with van der Waals surface area (Å²) in [6.45, 7) is 5.80. The van der Waals surface area contributed by atoms with Crippen molar-refractivity contribution >= 4 is 0 Å². The third kappa shape index (κ3) is 4.93. The smallest absolute Gasteiger partial charge is 0.187 e. The van der Waals surface area contributed by atoms with Gasteiger partial charge < -0.3 is 14.0 Å². The summed E-state index contributed by atoms with van der Waals surface area (Å²) in [5, 5.41) is 0. The molecule has 2 heterocycles. The maximum atomic E-state index is 6.38. The van der Waals surface area contributed by atoms with Gasteiger partial charge in [-0.2, -0.15) is 0 Å². The fraction of sp³-hybridized carbons (Fsp3) is 0.571. The van der Waals surface area contributed by atoms with Crippen molar-refractivity contribution in [1.29, 1.82) is 0 Å². The van der Waals surface area contributed by atoms with Crippen LogP contribution in [0.25, 0.3) is 0 Å². The molecule has 2 aromatic rings. The summed E-state index contributed by atoms with van der Waals surface area (Å²) in [6.07, 6.45) is 12.1. The molecule has 4 nitrogen and oxygen atoms in total. The average molecular weight is 342 g/mol. The fourth-order valence-electron chi connectivity index (χ4n) is 3.53. The van der Waals surface area contributed by atoms with Crippen molar-refractivity contribution in [3.8, 4) is 0 Å². The van der Waals surface area contributed by atoms with Crippen molar-refractivity contribution in [2.75, 3.05) is 6.61 Å². The zero-order valence-electron chi connectivity index (χ0n) is 15.5. The topological polar surface area (TPSA) is 36.3 Å². The maximum absolute atomic E-state index is 6.38. The second-order valence-electron chi connectivity index (χ2n) is 7.05. The predicted molar refractivity (Wildman–Crippen MR) is 99.4 cm³/mol. The molecular formula is C21H30N2O2. The molecule has 1 fully saturated rings. The van der Waals surface area contributed by atoms with Crippen LogP contribution in [-0.4, -0.2) is 28.0 Å². The van der Waals surface area contributed by atoms with E-state index in [2.05, 4.69) is 47.7 Å². The predicted octanol–water partition coefficient (Wildman–Crippen LogP) is 4.38. The largest absolute Gasteiger partial charge is 0.345 e. The highest BCUT2D eigenvalue weighted by Gasteiger charge is 2.41. The lowest BCUT2D eigenvalue weighted by molar-refractivity contribution is -0.182. The van der Waals surface area contributed by atoms with Gasteiger partial charge in [0.25, 0.3) is 0 Å². The molecule has 1 aliphatic rings. The molecule has 25 heavy (non-hydrogen) atoms. The fourth-order valence-corrected chi connectivity index (χ4v) is 3.53. The Hall–Kier alpha value is -1.65. The monoisotopic (exact) mass is 342 g/mol. The van der Waals surface area contributed by atoms with Crippen molar-refractivity contribution in [2.24, 2.45) is 0 Å². The highest BCUT2D eigenvalue weighted by atomic mass is 16.7.